The topological polar surface area (TPSA) is 83.2 Å². The standard InChI is InChI=1S/C24H25F2N5O3/c1-30-22(32)19-9-8-16(18-13-28-24(29-14-18)27-10-5-11-33-2)12-20(19)31(30)15-17-6-3-4-7-21(17)34-23(25)26/h3-4,6-9,12-14,23H,5,10-11,15H2,1-2H3,(H,27,28,29). The molecule has 178 valence electrons. The predicted molar refractivity (Wildman–Crippen MR) is 125 cm³/mol. The molecule has 0 amide bonds. The molecule has 0 aliphatic heterocycles. The second-order valence-corrected chi connectivity index (χ2v) is 7.67. The van der Waals surface area contributed by atoms with Gasteiger partial charge in [-0.25, -0.2) is 9.97 Å². The van der Waals surface area contributed by atoms with Gasteiger partial charge in [-0.2, -0.15) is 8.78 Å². The van der Waals surface area contributed by atoms with Crippen molar-refractivity contribution < 1.29 is 18.3 Å². The highest BCUT2D eigenvalue weighted by Gasteiger charge is 2.15. The van der Waals surface area contributed by atoms with Crippen LogP contribution < -0.4 is 15.6 Å². The van der Waals surface area contributed by atoms with Crippen LogP contribution in [0.3, 0.4) is 0 Å². The Morgan fingerprint density at radius 3 is 2.59 bits per heavy atom. The zero-order valence-electron chi connectivity index (χ0n) is 18.9. The number of nitrogens with one attached hydrogen (secondary N) is 1. The van der Waals surface area contributed by atoms with Crippen LogP contribution in [0.5, 0.6) is 5.75 Å². The van der Waals surface area contributed by atoms with Crippen LogP contribution in [-0.4, -0.2) is 46.2 Å². The number of methoxy groups -OCH3 is 1. The Labute approximate surface area is 194 Å². The van der Waals surface area contributed by atoms with E-state index < -0.39 is 6.61 Å². The number of para-hydroxylation sites is 1. The molecule has 0 unspecified atom stereocenters. The number of fused-ring (bicyclic) bond motifs is 1. The molecule has 0 spiro atoms. The lowest BCUT2D eigenvalue weighted by atomic mass is 10.1. The zero-order valence-corrected chi connectivity index (χ0v) is 18.9. The maximum absolute atomic E-state index is 12.8. The lowest BCUT2D eigenvalue weighted by molar-refractivity contribution is -0.0505. The summed E-state index contributed by atoms with van der Waals surface area (Å²) in [5.74, 6) is 0.595. The van der Waals surface area contributed by atoms with Crippen molar-refractivity contribution in [2.45, 2.75) is 19.6 Å². The molecule has 4 aromatic rings. The first kappa shape index (κ1) is 23.4. The highest BCUT2D eigenvalue weighted by Crippen LogP contribution is 2.26. The number of nitrogens with zero attached hydrogens (tertiary/aromatic N) is 4. The number of aromatic nitrogens is 4. The summed E-state index contributed by atoms with van der Waals surface area (Å²) in [5.41, 5.74) is 2.63. The monoisotopic (exact) mass is 469 g/mol. The van der Waals surface area contributed by atoms with E-state index in [-0.39, 0.29) is 17.9 Å². The summed E-state index contributed by atoms with van der Waals surface area (Å²) in [7, 11) is 3.30. The molecule has 0 fully saturated rings. The van der Waals surface area contributed by atoms with E-state index >= 15 is 0 Å². The molecular weight excluding hydrogens is 444 g/mol. The molecule has 0 aliphatic rings. The number of benzene rings is 2. The Hall–Kier alpha value is -3.79. The van der Waals surface area contributed by atoms with Crippen molar-refractivity contribution in [3.63, 3.8) is 0 Å². The van der Waals surface area contributed by atoms with Gasteiger partial charge in [-0.15, -0.1) is 0 Å². The number of halogens is 2. The van der Waals surface area contributed by atoms with Gasteiger partial charge >= 0.3 is 6.61 Å². The van der Waals surface area contributed by atoms with Crippen molar-refractivity contribution in [2.75, 3.05) is 25.6 Å². The molecule has 10 heteroatoms. The van der Waals surface area contributed by atoms with E-state index in [1.807, 2.05) is 12.1 Å². The van der Waals surface area contributed by atoms with Gasteiger partial charge in [0.15, 0.2) is 0 Å². The van der Waals surface area contributed by atoms with Gasteiger partial charge in [-0.3, -0.25) is 14.2 Å². The van der Waals surface area contributed by atoms with E-state index in [1.165, 1.54) is 10.7 Å². The first-order valence-electron chi connectivity index (χ1n) is 10.8. The lowest BCUT2D eigenvalue weighted by Crippen LogP contribution is -2.20. The van der Waals surface area contributed by atoms with Crippen molar-refractivity contribution >= 4 is 16.9 Å². The SMILES string of the molecule is COCCCNc1ncc(-c2ccc3c(=O)n(C)n(Cc4ccccc4OC(F)F)c3c2)cn1. The van der Waals surface area contributed by atoms with Crippen LogP contribution in [0.4, 0.5) is 14.7 Å². The summed E-state index contributed by atoms with van der Waals surface area (Å²) >= 11 is 0. The fourth-order valence-electron chi connectivity index (χ4n) is 3.73. The van der Waals surface area contributed by atoms with Crippen molar-refractivity contribution in [1.29, 1.82) is 0 Å². The van der Waals surface area contributed by atoms with E-state index in [1.54, 1.807) is 55.5 Å². The summed E-state index contributed by atoms with van der Waals surface area (Å²) in [6, 6.07) is 12.0. The van der Waals surface area contributed by atoms with Gasteiger partial charge in [0.2, 0.25) is 5.95 Å². The van der Waals surface area contributed by atoms with Gasteiger partial charge in [0.1, 0.15) is 5.75 Å². The number of anilines is 1. The Morgan fingerprint density at radius 1 is 1.09 bits per heavy atom. The van der Waals surface area contributed by atoms with Crippen LogP contribution in [0, 0.1) is 0 Å². The molecule has 0 saturated heterocycles. The molecule has 34 heavy (non-hydrogen) atoms. The first-order valence-corrected chi connectivity index (χ1v) is 10.8. The number of rotatable bonds is 10. The summed E-state index contributed by atoms with van der Waals surface area (Å²) in [6.45, 7) is -1.40. The Bertz CT molecular complexity index is 1320. The van der Waals surface area contributed by atoms with Crippen molar-refractivity contribution in [3.8, 4) is 16.9 Å². The maximum atomic E-state index is 12.8. The first-order chi connectivity index (χ1) is 16.5. The van der Waals surface area contributed by atoms with Crippen molar-refractivity contribution in [2.24, 2.45) is 7.05 Å². The molecule has 0 bridgehead atoms. The smallest absolute Gasteiger partial charge is 0.387 e. The average Bonchev–Trinajstić information content (AvgIpc) is 3.07. The molecule has 8 nitrogen and oxygen atoms in total. The zero-order chi connectivity index (χ0) is 24.1. The second kappa shape index (κ2) is 10.4. The number of hydrogen-bond donors (Lipinski definition) is 1. The van der Waals surface area contributed by atoms with Gasteiger partial charge in [-0.1, -0.05) is 24.3 Å². The van der Waals surface area contributed by atoms with Crippen LogP contribution in [-0.2, 0) is 18.3 Å². The third-order valence-corrected chi connectivity index (χ3v) is 5.46. The van der Waals surface area contributed by atoms with Gasteiger partial charge in [0.25, 0.3) is 5.56 Å². The minimum Gasteiger partial charge on any atom is -0.434 e. The largest absolute Gasteiger partial charge is 0.434 e. The van der Waals surface area contributed by atoms with Crippen LogP contribution in [0.15, 0.2) is 59.7 Å². The molecule has 0 radical (unpaired) electrons. The van der Waals surface area contributed by atoms with Crippen LogP contribution >= 0.6 is 0 Å². The Morgan fingerprint density at radius 2 is 1.85 bits per heavy atom. The molecule has 0 atom stereocenters. The lowest BCUT2D eigenvalue weighted by Gasteiger charge is -2.14. The van der Waals surface area contributed by atoms with Gasteiger partial charge in [0.05, 0.1) is 17.4 Å². The minimum atomic E-state index is -2.93. The quantitative estimate of drug-likeness (QED) is 0.355. The van der Waals surface area contributed by atoms with E-state index in [2.05, 4.69) is 20.0 Å². The highest BCUT2D eigenvalue weighted by atomic mass is 19.3. The third-order valence-electron chi connectivity index (χ3n) is 5.46. The predicted octanol–water partition coefficient (Wildman–Crippen LogP) is 3.90. The highest BCUT2D eigenvalue weighted by molar-refractivity contribution is 5.84. The van der Waals surface area contributed by atoms with E-state index in [0.29, 0.717) is 35.6 Å². The van der Waals surface area contributed by atoms with E-state index in [9.17, 15) is 13.6 Å². The molecule has 2 aromatic heterocycles. The molecule has 4 rings (SSSR count). The third kappa shape index (κ3) is 5.07. The Kier molecular flexibility index (Phi) is 7.17. The maximum Gasteiger partial charge on any atom is 0.387 e. The van der Waals surface area contributed by atoms with Crippen LogP contribution in [0.25, 0.3) is 22.0 Å². The molecule has 2 aromatic carbocycles. The normalized spacial score (nSPS) is 11.3. The second-order valence-electron chi connectivity index (χ2n) is 7.67. The summed E-state index contributed by atoms with van der Waals surface area (Å²) in [6.07, 6.45) is 4.27. The molecule has 0 aliphatic carbocycles. The summed E-state index contributed by atoms with van der Waals surface area (Å²) in [4.78, 5) is 21.5. The number of hydrogen-bond acceptors (Lipinski definition) is 6. The number of ether oxygens (including phenoxy) is 2. The fourth-order valence-corrected chi connectivity index (χ4v) is 3.73. The summed E-state index contributed by atoms with van der Waals surface area (Å²) < 4.78 is 38.6. The molecular formula is C24H25F2N5O3. The number of alkyl halides is 2. The minimum absolute atomic E-state index is 0.0740. The molecule has 2 heterocycles. The van der Waals surface area contributed by atoms with Crippen LogP contribution in [0.2, 0.25) is 0 Å². The van der Waals surface area contributed by atoms with Gasteiger partial charge in [0, 0.05) is 50.8 Å². The van der Waals surface area contributed by atoms with Crippen LogP contribution in [0.1, 0.15) is 12.0 Å². The van der Waals surface area contributed by atoms with Crippen molar-refractivity contribution in [3.05, 3.63) is 70.8 Å². The fraction of sp³-hybridized carbons (Fsp3) is 0.292. The molecule has 1 N–H and O–H groups in total. The van der Waals surface area contributed by atoms with Gasteiger partial charge < -0.3 is 14.8 Å². The molecule has 0 saturated carbocycles. The Balaban J connectivity index is 1.64. The average molecular weight is 469 g/mol. The van der Waals surface area contributed by atoms with E-state index in [4.69, 9.17) is 4.74 Å². The van der Waals surface area contributed by atoms with Crippen molar-refractivity contribution in [1.82, 2.24) is 19.3 Å². The van der Waals surface area contributed by atoms with Gasteiger partial charge in [-0.05, 0) is 30.2 Å². The van der Waals surface area contributed by atoms with E-state index in [0.717, 1.165) is 17.5 Å². The summed E-state index contributed by atoms with van der Waals surface area (Å²) in [5, 5.41) is 3.66.